The van der Waals surface area contributed by atoms with Gasteiger partial charge in [0, 0.05) is 4.90 Å². The Hall–Kier alpha value is -2.05. The van der Waals surface area contributed by atoms with E-state index in [4.69, 9.17) is 4.74 Å². The van der Waals surface area contributed by atoms with Gasteiger partial charge in [0.15, 0.2) is 5.13 Å². The summed E-state index contributed by atoms with van der Waals surface area (Å²) in [6.07, 6.45) is 0. The molecular formula is C16H14N2O2S2. The molecule has 1 heterocycles. The molecule has 1 N–H and O–H groups in total. The Morgan fingerprint density at radius 3 is 2.82 bits per heavy atom. The van der Waals surface area contributed by atoms with E-state index in [1.54, 1.807) is 7.11 Å². The molecule has 0 aliphatic heterocycles. The molecule has 1 amide bonds. The lowest BCUT2D eigenvalue weighted by Crippen LogP contribution is -2.13. The van der Waals surface area contributed by atoms with Gasteiger partial charge in [0.1, 0.15) is 11.3 Å². The van der Waals surface area contributed by atoms with Crippen LogP contribution < -0.4 is 10.1 Å². The van der Waals surface area contributed by atoms with Crippen molar-refractivity contribution in [2.24, 2.45) is 0 Å². The molecule has 3 aromatic rings. The number of methoxy groups -OCH3 is 1. The van der Waals surface area contributed by atoms with Crippen molar-refractivity contribution in [2.75, 3.05) is 18.2 Å². The summed E-state index contributed by atoms with van der Waals surface area (Å²) in [5.41, 5.74) is 0.779. The van der Waals surface area contributed by atoms with Gasteiger partial charge in [-0.15, -0.1) is 11.8 Å². The highest BCUT2D eigenvalue weighted by atomic mass is 32.2. The Morgan fingerprint density at radius 1 is 1.23 bits per heavy atom. The molecule has 0 atom stereocenters. The van der Waals surface area contributed by atoms with Crippen molar-refractivity contribution in [3.63, 3.8) is 0 Å². The van der Waals surface area contributed by atoms with Crippen LogP contribution in [0.25, 0.3) is 10.2 Å². The van der Waals surface area contributed by atoms with Crippen LogP contribution in [-0.4, -0.2) is 23.8 Å². The first-order chi connectivity index (χ1) is 10.8. The van der Waals surface area contributed by atoms with Crippen molar-refractivity contribution in [3.05, 3.63) is 48.5 Å². The number of hydrogen-bond acceptors (Lipinski definition) is 5. The fourth-order valence-electron chi connectivity index (χ4n) is 1.96. The number of carbonyl (C=O) groups is 1. The number of para-hydroxylation sites is 1. The second-order valence-corrected chi connectivity index (χ2v) is 6.56. The van der Waals surface area contributed by atoms with Crippen LogP contribution in [0, 0.1) is 0 Å². The predicted octanol–water partition coefficient (Wildman–Crippen LogP) is 4.04. The average molecular weight is 330 g/mol. The number of anilines is 1. The third-order valence-corrected chi connectivity index (χ3v) is 4.91. The van der Waals surface area contributed by atoms with Gasteiger partial charge in [0.2, 0.25) is 5.91 Å². The van der Waals surface area contributed by atoms with Gasteiger partial charge in [-0.1, -0.05) is 35.6 Å². The van der Waals surface area contributed by atoms with Gasteiger partial charge in [-0.25, -0.2) is 4.98 Å². The first kappa shape index (κ1) is 14.9. The second kappa shape index (κ2) is 6.81. The molecule has 0 aliphatic rings. The fourth-order valence-corrected chi connectivity index (χ4v) is 3.58. The van der Waals surface area contributed by atoms with Crippen LogP contribution in [-0.2, 0) is 4.79 Å². The number of amides is 1. The van der Waals surface area contributed by atoms with Crippen LogP contribution in [0.4, 0.5) is 5.13 Å². The average Bonchev–Trinajstić information content (AvgIpc) is 2.96. The number of benzene rings is 2. The Bertz CT molecular complexity index is 787. The minimum Gasteiger partial charge on any atom is -0.494 e. The molecule has 0 fully saturated rings. The van der Waals surface area contributed by atoms with Gasteiger partial charge in [0.25, 0.3) is 0 Å². The van der Waals surface area contributed by atoms with Gasteiger partial charge < -0.3 is 10.1 Å². The summed E-state index contributed by atoms with van der Waals surface area (Å²) in [6.45, 7) is 0. The van der Waals surface area contributed by atoms with Crippen LogP contribution in [0.2, 0.25) is 0 Å². The van der Waals surface area contributed by atoms with Gasteiger partial charge in [0.05, 0.1) is 17.6 Å². The van der Waals surface area contributed by atoms with Crippen LogP contribution in [0.15, 0.2) is 53.4 Å². The van der Waals surface area contributed by atoms with Crippen LogP contribution >= 0.6 is 23.1 Å². The third kappa shape index (κ3) is 3.40. The van der Waals surface area contributed by atoms with Crippen molar-refractivity contribution < 1.29 is 9.53 Å². The van der Waals surface area contributed by atoms with E-state index in [0.717, 1.165) is 15.1 Å². The molecule has 3 rings (SSSR count). The van der Waals surface area contributed by atoms with E-state index in [0.29, 0.717) is 16.6 Å². The molecule has 112 valence electrons. The molecule has 22 heavy (non-hydrogen) atoms. The topological polar surface area (TPSA) is 51.2 Å². The highest BCUT2D eigenvalue weighted by Crippen LogP contribution is 2.32. The van der Waals surface area contributed by atoms with E-state index in [9.17, 15) is 4.79 Å². The first-order valence-corrected chi connectivity index (χ1v) is 8.48. The van der Waals surface area contributed by atoms with Gasteiger partial charge >= 0.3 is 0 Å². The number of hydrogen-bond donors (Lipinski definition) is 1. The number of fused-ring (bicyclic) bond motifs is 1. The summed E-state index contributed by atoms with van der Waals surface area (Å²) in [4.78, 5) is 17.5. The molecule has 0 aliphatic carbocycles. The number of thioether (sulfide) groups is 1. The molecular weight excluding hydrogens is 316 g/mol. The number of thiazole rings is 1. The maximum atomic E-state index is 12.0. The predicted molar refractivity (Wildman–Crippen MR) is 92.0 cm³/mol. The van der Waals surface area contributed by atoms with Gasteiger partial charge in [-0.2, -0.15) is 0 Å². The Morgan fingerprint density at radius 2 is 2.05 bits per heavy atom. The Balaban J connectivity index is 1.66. The van der Waals surface area contributed by atoms with Crippen molar-refractivity contribution in [1.82, 2.24) is 4.98 Å². The van der Waals surface area contributed by atoms with Crippen molar-refractivity contribution >= 4 is 44.4 Å². The fraction of sp³-hybridized carbons (Fsp3) is 0.125. The summed E-state index contributed by atoms with van der Waals surface area (Å²) in [7, 11) is 1.61. The van der Waals surface area contributed by atoms with E-state index in [2.05, 4.69) is 10.3 Å². The highest BCUT2D eigenvalue weighted by Gasteiger charge is 2.11. The lowest BCUT2D eigenvalue weighted by Gasteiger charge is -2.01. The lowest BCUT2D eigenvalue weighted by atomic mass is 10.3. The number of aromatic nitrogens is 1. The maximum Gasteiger partial charge on any atom is 0.236 e. The molecule has 2 aromatic carbocycles. The zero-order valence-electron chi connectivity index (χ0n) is 11.9. The number of rotatable bonds is 5. The lowest BCUT2D eigenvalue weighted by molar-refractivity contribution is -0.113. The summed E-state index contributed by atoms with van der Waals surface area (Å²) < 4.78 is 6.27. The Labute approximate surface area is 136 Å². The van der Waals surface area contributed by atoms with E-state index >= 15 is 0 Å². The summed E-state index contributed by atoms with van der Waals surface area (Å²) >= 11 is 2.95. The minimum absolute atomic E-state index is 0.0631. The normalized spacial score (nSPS) is 10.6. The quantitative estimate of drug-likeness (QED) is 0.718. The van der Waals surface area contributed by atoms with Gasteiger partial charge in [-0.05, 0) is 24.3 Å². The molecule has 0 bridgehead atoms. The smallest absolute Gasteiger partial charge is 0.236 e. The third-order valence-electron chi connectivity index (χ3n) is 2.96. The summed E-state index contributed by atoms with van der Waals surface area (Å²) in [6, 6.07) is 15.6. The van der Waals surface area contributed by atoms with Crippen molar-refractivity contribution in [3.8, 4) is 5.75 Å². The van der Waals surface area contributed by atoms with E-state index in [-0.39, 0.29) is 5.91 Å². The molecule has 6 heteroatoms. The number of nitrogens with one attached hydrogen (secondary N) is 1. The molecule has 0 saturated carbocycles. The first-order valence-electron chi connectivity index (χ1n) is 6.67. The highest BCUT2D eigenvalue weighted by molar-refractivity contribution is 8.00. The number of nitrogens with zero attached hydrogens (tertiary/aromatic N) is 1. The van der Waals surface area contributed by atoms with Crippen LogP contribution in [0.1, 0.15) is 0 Å². The minimum atomic E-state index is -0.0631. The zero-order chi connectivity index (χ0) is 15.4. The largest absolute Gasteiger partial charge is 0.494 e. The molecule has 1 aromatic heterocycles. The maximum absolute atomic E-state index is 12.0. The summed E-state index contributed by atoms with van der Waals surface area (Å²) in [5, 5.41) is 3.44. The second-order valence-electron chi connectivity index (χ2n) is 4.48. The van der Waals surface area contributed by atoms with E-state index < -0.39 is 0 Å². The molecule has 4 nitrogen and oxygen atoms in total. The van der Waals surface area contributed by atoms with Gasteiger partial charge in [-0.3, -0.25) is 4.79 Å². The number of carbonyl (C=O) groups excluding carboxylic acids is 1. The number of ether oxygens (including phenoxy) is 1. The summed E-state index contributed by atoms with van der Waals surface area (Å²) in [5.74, 6) is 1.01. The van der Waals surface area contributed by atoms with Crippen LogP contribution in [0.3, 0.4) is 0 Å². The Kier molecular flexibility index (Phi) is 4.60. The molecule has 0 spiro atoms. The van der Waals surface area contributed by atoms with Crippen molar-refractivity contribution in [1.29, 1.82) is 0 Å². The van der Waals surface area contributed by atoms with Crippen LogP contribution in [0.5, 0.6) is 5.75 Å². The zero-order valence-corrected chi connectivity index (χ0v) is 13.5. The van der Waals surface area contributed by atoms with E-state index in [1.165, 1.54) is 23.1 Å². The standard InChI is InChI=1S/C16H14N2O2S2/c1-20-12-8-5-9-13-15(12)18-16(22-13)17-14(19)10-21-11-6-3-2-4-7-11/h2-9H,10H2,1H3,(H,17,18,19). The van der Waals surface area contributed by atoms with Crippen molar-refractivity contribution in [2.45, 2.75) is 4.90 Å². The van der Waals surface area contributed by atoms with E-state index in [1.807, 2.05) is 48.5 Å². The molecule has 0 saturated heterocycles. The molecule has 0 radical (unpaired) electrons. The monoisotopic (exact) mass is 330 g/mol. The molecule has 0 unspecified atom stereocenters. The SMILES string of the molecule is COc1cccc2sc(NC(=O)CSc3ccccc3)nc12.